The lowest BCUT2D eigenvalue weighted by molar-refractivity contribution is -0.135. The molecular formula is C20H30N2O4. The highest BCUT2D eigenvalue weighted by atomic mass is 16.6. The highest BCUT2D eigenvalue weighted by Crippen LogP contribution is 2.24. The average Bonchev–Trinajstić information content (AvgIpc) is 2.59. The van der Waals surface area contributed by atoms with Crippen molar-refractivity contribution in [3.8, 4) is 0 Å². The first-order valence-electron chi connectivity index (χ1n) is 9.30. The molecule has 1 N–H and O–H groups in total. The van der Waals surface area contributed by atoms with Gasteiger partial charge in [-0.25, -0.2) is 9.69 Å². The molecule has 6 nitrogen and oxygen atoms in total. The number of carbonyl (C=O) groups is 2. The van der Waals surface area contributed by atoms with Crippen LogP contribution in [-0.2, 0) is 21.0 Å². The summed E-state index contributed by atoms with van der Waals surface area (Å²) in [5.74, 6) is -0.320. The van der Waals surface area contributed by atoms with E-state index >= 15 is 0 Å². The molecule has 144 valence electrons. The molecule has 0 aliphatic heterocycles. The number of imide groups is 1. The van der Waals surface area contributed by atoms with Crippen molar-refractivity contribution in [1.82, 2.24) is 10.4 Å². The number of hydroxylamine groups is 1. The molecule has 2 rings (SSSR count). The number of nitrogens with one attached hydrogen (secondary N) is 1. The maximum absolute atomic E-state index is 12.7. The largest absolute Gasteiger partial charge is 0.443 e. The molecule has 0 spiro atoms. The molecule has 1 aromatic carbocycles. The highest BCUT2D eigenvalue weighted by molar-refractivity contribution is 5.93. The predicted octanol–water partition coefficient (Wildman–Crippen LogP) is 3.80. The van der Waals surface area contributed by atoms with Crippen LogP contribution in [0.3, 0.4) is 0 Å². The van der Waals surface area contributed by atoms with Gasteiger partial charge in [-0.3, -0.25) is 9.63 Å². The molecule has 1 aliphatic carbocycles. The van der Waals surface area contributed by atoms with Gasteiger partial charge in [0.1, 0.15) is 12.1 Å². The lowest BCUT2D eigenvalue weighted by Gasteiger charge is -2.34. The van der Waals surface area contributed by atoms with Crippen LogP contribution in [0.15, 0.2) is 30.3 Å². The van der Waals surface area contributed by atoms with Gasteiger partial charge in [-0.15, -0.1) is 0 Å². The van der Waals surface area contributed by atoms with Crippen molar-refractivity contribution >= 4 is 12.0 Å². The Morgan fingerprint density at radius 3 is 2.38 bits per heavy atom. The fraction of sp³-hybridized carbons (Fsp3) is 0.600. The third-order valence-electron chi connectivity index (χ3n) is 4.21. The van der Waals surface area contributed by atoms with Crippen molar-refractivity contribution in [3.63, 3.8) is 0 Å². The van der Waals surface area contributed by atoms with Crippen molar-refractivity contribution in [2.24, 2.45) is 0 Å². The SMILES string of the molecule is CC(C)(C)OC(=O)N(C(=O)CNOCc1ccccc1)C1CCCCC1. The van der Waals surface area contributed by atoms with Gasteiger partial charge in [0.25, 0.3) is 0 Å². The van der Waals surface area contributed by atoms with Crippen molar-refractivity contribution in [2.45, 2.75) is 71.1 Å². The Hall–Kier alpha value is -1.92. The van der Waals surface area contributed by atoms with E-state index in [0.29, 0.717) is 6.61 Å². The zero-order chi connectivity index (χ0) is 19.0. The van der Waals surface area contributed by atoms with E-state index in [1.807, 2.05) is 30.3 Å². The molecule has 6 heteroatoms. The summed E-state index contributed by atoms with van der Waals surface area (Å²) in [4.78, 5) is 31.9. The molecule has 1 fully saturated rings. The molecule has 1 aromatic rings. The number of amides is 2. The predicted molar refractivity (Wildman–Crippen MR) is 99.2 cm³/mol. The number of rotatable bonds is 6. The monoisotopic (exact) mass is 362 g/mol. The van der Waals surface area contributed by atoms with E-state index in [4.69, 9.17) is 9.57 Å². The van der Waals surface area contributed by atoms with Gasteiger partial charge in [0.05, 0.1) is 6.61 Å². The van der Waals surface area contributed by atoms with Gasteiger partial charge in [0.15, 0.2) is 0 Å². The van der Waals surface area contributed by atoms with Gasteiger partial charge in [-0.2, -0.15) is 5.48 Å². The van der Waals surface area contributed by atoms with Gasteiger partial charge in [0, 0.05) is 6.04 Å². The maximum atomic E-state index is 12.7. The molecule has 0 bridgehead atoms. The van der Waals surface area contributed by atoms with Crippen LogP contribution in [0.2, 0.25) is 0 Å². The summed E-state index contributed by atoms with van der Waals surface area (Å²) >= 11 is 0. The van der Waals surface area contributed by atoms with Crippen LogP contribution in [0.4, 0.5) is 4.79 Å². The first kappa shape index (κ1) is 20.4. The van der Waals surface area contributed by atoms with E-state index in [-0.39, 0.29) is 18.5 Å². The molecule has 0 atom stereocenters. The van der Waals surface area contributed by atoms with E-state index in [2.05, 4.69) is 5.48 Å². The Balaban J connectivity index is 1.90. The highest BCUT2D eigenvalue weighted by Gasteiger charge is 2.33. The quantitative estimate of drug-likeness (QED) is 0.616. The van der Waals surface area contributed by atoms with Crippen molar-refractivity contribution in [2.75, 3.05) is 6.54 Å². The van der Waals surface area contributed by atoms with Crippen LogP contribution in [0.25, 0.3) is 0 Å². The Morgan fingerprint density at radius 1 is 1.12 bits per heavy atom. The minimum absolute atomic E-state index is 0.0669. The maximum Gasteiger partial charge on any atom is 0.417 e. The van der Waals surface area contributed by atoms with Crippen LogP contribution in [-0.4, -0.2) is 35.1 Å². The Kier molecular flexibility index (Phi) is 7.60. The van der Waals surface area contributed by atoms with E-state index < -0.39 is 11.7 Å². The lowest BCUT2D eigenvalue weighted by atomic mass is 9.94. The van der Waals surface area contributed by atoms with Gasteiger partial charge in [-0.1, -0.05) is 49.6 Å². The van der Waals surface area contributed by atoms with E-state index in [1.165, 1.54) is 4.90 Å². The third kappa shape index (κ3) is 6.77. The standard InChI is InChI=1S/C20H30N2O4/c1-20(2,3)26-19(24)22(17-12-8-5-9-13-17)18(23)14-21-25-15-16-10-6-4-7-11-16/h4,6-7,10-11,17,21H,5,8-9,12-15H2,1-3H3. The molecule has 26 heavy (non-hydrogen) atoms. The van der Waals surface area contributed by atoms with Gasteiger partial charge in [-0.05, 0) is 39.2 Å². The minimum Gasteiger partial charge on any atom is -0.443 e. The van der Waals surface area contributed by atoms with Gasteiger partial charge in [0.2, 0.25) is 5.91 Å². The van der Waals surface area contributed by atoms with E-state index in [0.717, 1.165) is 37.7 Å². The van der Waals surface area contributed by atoms with Crippen LogP contribution in [0.1, 0.15) is 58.4 Å². The summed E-state index contributed by atoms with van der Waals surface area (Å²) in [5, 5.41) is 0. The topological polar surface area (TPSA) is 67.9 Å². The molecule has 1 saturated carbocycles. The molecule has 0 aromatic heterocycles. The molecule has 0 saturated heterocycles. The number of carbonyl (C=O) groups excluding carboxylic acids is 2. The minimum atomic E-state index is -0.637. The van der Waals surface area contributed by atoms with Crippen LogP contribution in [0.5, 0.6) is 0 Å². The van der Waals surface area contributed by atoms with Crippen molar-refractivity contribution in [1.29, 1.82) is 0 Å². The van der Waals surface area contributed by atoms with Crippen LogP contribution >= 0.6 is 0 Å². The normalized spacial score (nSPS) is 15.5. The number of ether oxygens (including phenoxy) is 1. The molecular weight excluding hydrogens is 332 g/mol. The fourth-order valence-corrected chi connectivity index (χ4v) is 3.01. The van der Waals surface area contributed by atoms with E-state index in [9.17, 15) is 9.59 Å². The number of hydrogen-bond donors (Lipinski definition) is 1. The third-order valence-corrected chi connectivity index (χ3v) is 4.21. The zero-order valence-corrected chi connectivity index (χ0v) is 16.0. The van der Waals surface area contributed by atoms with Gasteiger partial charge >= 0.3 is 6.09 Å². The first-order chi connectivity index (χ1) is 12.4. The van der Waals surface area contributed by atoms with Crippen molar-refractivity contribution in [3.05, 3.63) is 35.9 Å². The number of hydrogen-bond acceptors (Lipinski definition) is 5. The Morgan fingerprint density at radius 2 is 1.77 bits per heavy atom. The van der Waals surface area contributed by atoms with Crippen LogP contribution < -0.4 is 5.48 Å². The zero-order valence-electron chi connectivity index (χ0n) is 16.0. The first-order valence-corrected chi connectivity index (χ1v) is 9.30. The summed E-state index contributed by atoms with van der Waals surface area (Å²) in [6.07, 6.45) is 4.28. The van der Waals surface area contributed by atoms with Crippen LogP contribution in [0, 0.1) is 0 Å². The molecule has 0 unspecified atom stereocenters. The lowest BCUT2D eigenvalue weighted by Crippen LogP contribution is -2.50. The summed E-state index contributed by atoms with van der Waals surface area (Å²) in [5.41, 5.74) is 3.04. The second kappa shape index (κ2) is 9.69. The summed E-state index contributed by atoms with van der Waals surface area (Å²) < 4.78 is 5.45. The molecule has 1 aliphatic rings. The van der Waals surface area contributed by atoms with E-state index in [1.54, 1.807) is 20.8 Å². The second-order valence-electron chi connectivity index (χ2n) is 7.63. The number of benzene rings is 1. The van der Waals surface area contributed by atoms with Crippen molar-refractivity contribution < 1.29 is 19.2 Å². The average molecular weight is 362 g/mol. The summed E-state index contributed by atoms with van der Waals surface area (Å²) in [6.45, 7) is 5.69. The van der Waals surface area contributed by atoms with Gasteiger partial charge < -0.3 is 4.74 Å². The Bertz CT molecular complexity index is 577. The fourth-order valence-electron chi connectivity index (χ4n) is 3.01. The molecule has 0 radical (unpaired) electrons. The molecule has 0 heterocycles. The smallest absolute Gasteiger partial charge is 0.417 e. The summed E-state index contributed by atoms with van der Waals surface area (Å²) in [6, 6.07) is 9.58. The summed E-state index contributed by atoms with van der Waals surface area (Å²) in [7, 11) is 0. The second-order valence-corrected chi connectivity index (χ2v) is 7.63. The number of nitrogens with zero attached hydrogens (tertiary/aromatic N) is 1. The Labute approximate surface area is 155 Å². The molecule has 2 amide bonds.